The van der Waals surface area contributed by atoms with Gasteiger partial charge >= 0.3 is 0 Å². The van der Waals surface area contributed by atoms with Crippen LogP contribution in [0.4, 0.5) is 0 Å². The lowest BCUT2D eigenvalue weighted by molar-refractivity contribution is 0.0717. The number of amides is 1. The first-order valence-electron chi connectivity index (χ1n) is 9.56. The van der Waals surface area contributed by atoms with Gasteiger partial charge in [-0.15, -0.1) is 11.3 Å². The van der Waals surface area contributed by atoms with E-state index in [9.17, 15) is 13.2 Å². The number of hydrogen-bond donors (Lipinski definition) is 0. The topological polar surface area (TPSA) is 80.1 Å². The molecule has 1 aliphatic rings. The number of nitrogens with zero attached hydrogens (tertiary/aromatic N) is 2. The van der Waals surface area contributed by atoms with Crippen molar-refractivity contribution in [1.82, 2.24) is 9.21 Å². The number of hydrogen-bond acceptors (Lipinski definition) is 6. The summed E-state index contributed by atoms with van der Waals surface area (Å²) in [5.41, 5.74) is 0.326. The number of sulfonamides is 1. The van der Waals surface area contributed by atoms with E-state index in [0.717, 1.165) is 4.88 Å². The van der Waals surface area contributed by atoms with Gasteiger partial charge < -0.3 is 14.1 Å². The van der Waals surface area contributed by atoms with E-state index < -0.39 is 10.0 Å². The molecule has 1 aliphatic heterocycles. The zero-order chi connectivity index (χ0) is 21.0. The third-order valence-corrected chi connectivity index (χ3v) is 7.59. The number of carbonyl (C=O) groups excluding carboxylic acids is 1. The molecule has 0 spiro atoms. The molecule has 1 aromatic carbocycles. The van der Waals surface area contributed by atoms with Crippen molar-refractivity contribution in [2.75, 3.05) is 26.3 Å². The quantitative estimate of drug-likeness (QED) is 0.557. The van der Waals surface area contributed by atoms with E-state index in [4.69, 9.17) is 9.15 Å². The van der Waals surface area contributed by atoms with Gasteiger partial charge in [0.25, 0.3) is 5.91 Å². The highest BCUT2D eigenvalue weighted by Crippen LogP contribution is 2.22. The highest BCUT2D eigenvalue weighted by atomic mass is 32.2. The molecule has 1 saturated heterocycles. The largest absolute Gasteiger partial charge is 0.467 e. The van der Waals surface area contributed by atoms with Gasteiger partial charge in [-0.3, -0.25) is 4.79 Å². The van der Waals surface area contributed by atoms with Gasteiger partial charge in [0.1, 0.15) is 5.76 Å². The number of thiophene rings is 1. The maximum Gasteiger partial charge on any atom is 0.254 e. The Bertz CT molecular complexity index is 1040. The number of rotatable bonds is 7. The van der Waals surface area contributed by atoms with Crippen LogP contribution in [-0.4, -0.2) is 49.8 Å². The van der Waals surface area contributed by atoms with E-state index in [1.807, 2.05) is 23.6 Å². The number of morpholine rings is 1. The Morgan fingerprint density at radius 1 is 1.07 bits per heavy atom. The molecule has 9 heteroatoms. The van der Waals surface area contributed by atoms with Crippen LogP contribution in [-0.2, 0) is 27.8 Å². The standard InChI is InChI=1S/C21H22N2O5S2/c24-21(22(15-18-5-2-10-28-18)16-19-6-3-13-29-19)17-4-1-7-20(14-17)30(25,26)23-8-11-27-12-9-23/h1-7,10,13-14H,8-9,11-12,15-16H2. The van der Waals surface area contributed by atoms with Crippen LogP contribution in [0.3, 0.4) is 0 Å². The summed E-state index contributed by atoms with van der Waals surface area (Å²) in [5, 5.41) is 1.96. The normalized spacial score (nSPS) is 15.2. The van der Waals surface area contributed by atoms with Crippen LogP contribution in [0.15, 0.2) is 69.5 Å². The second kappa shape index (κ2) is 9.13. The fourth-order valence-electron chi connectivity index (χ4n) is 3.29. The molecule has 1 amide bonds. The van der Waals surface area contributed by atoms with Crippen LogP contribution in [0.1, 0.15) is 21.0 Å². The van der Waals surface area contributed by atoms with Crippen LogP contribution < -0.4 is 0 Å². The number of benzene rings is 1. The fraction of sp³-hybridized carbons (Fsp3) is 0.286. The number of carbonyl (C=O) groups is 1. The lowest BCUT2D eigenvalue weighted by atomic mass is 10.2. The van der Waals surface area contributed by atoms with Gasteiger partial charge in [0.2, 0.25) is 10.0 Å². The van der Waals surface area contributed by atoms with Gasteiger partial charge in [0.15, 0.2) is 0 Å². The molecule has 158 valence electrons. The maximum atomic E-state index is 13.3. The summed E-state index contributed by atoms with van der Waals surface area (Å²) in [6, 6.07) is 13.7. The van der Waals surface area contributed by atoms with Crippen molar-refractivity contribution < 1.29 is 22.4 Å². The minimum absolute atomic E-state index is 0.115. The van der Waals surface area contributed by atoms with Crippen LogP contribution in [0.25, 0.3) is 0 Å². The molecule has 0 unspecified atom stereocenters. The predicted octanol–water partition coefficient (Wildman–Crippen LogP) is 3.20. The van der Waals surface area contributed by atoms with Crippen molar-refractivity contribution in [2.24, 2.45) is 0 Å². The van der Waals surface area contributed by atoms with Crippen molar-refractivity contribution in [3.8, 4) is 0 Å². The van der Waals surface area contributed by atoms with Crippen molar-refractivity contribution in [3.05, 3.63) is 76.4 Å². The van der Waals surface area contributed by atoms with Crippen molar-refractivity contribution >= 4 is 27.3 Å². The Balaban J connectivity index is 1.60. The molecule has 0 bridgehead atoms. The molecule has 30 heavy (non-hydrogen) atoms. The van der Waals surface area contributed by atoms with E-state index in [2.05, 4.69) is 0 Å². The second-order valence-corrected chi connectivity index (χ2v) is 9.83. The molecule has 0 radical (unpaired) electrons. The fourth-order valence-corrected chi connectivity index (χ4v) is 5.46. The molecule has 4 rings (SSSR count). The summed E-state index contributed by atoms with van der Waals surface area (Å²) < 4.78 is 38.0. The van der Waals surface area contributed by atoms with Crippen LogP contribution in [0, 0.1) is 0 Å². The van der Waals surface area contributed by atoms with E-state index >= 15 is 0 Å². The first kappa shape index (κ1) is 20.8. The molecule has 3 heterocycles. The first-order chi connectivity index (χ1) is 14.5. The summed E-state index contributed by atoms with van der Waals surface area (Å²) in [7, 11) is -3.68. The highest BCUT2D eigenvalue weighted by molar-refractivity contribution is 7.89. The maximum absolute atomic E-state index is 13.3. The van der Waals surface area contributed by atoms with Crippen molar-refractivity contribution in [3.63, 3.8) is 0 Å². The second-order valence-electron chi connectivity index (χ2n) is 6.86. The summed E-state index contributed by atoms with van der Waals surface area (Å²) in [5.74, 6) is 0.413. The zero-order valence-electron chi connectivity index (χ0n) is 16.3. The Morgan fingerprint density at radius 2 is 1.90 bits per heavy atom. The van der Waals surface area contributed by atoms with E-state index in [1.165, 1.54) is 16.4 Å². The van der Waals surface area contributed by atoms with E-state index in [-0.39, 0.29) is 10.8 Å². The van der Waals surface area contributed by atoms with Gasteiger partial charge in [-0.05, 0) is 41.8 Å². The molecule has 3 aromatic rings. The average molecular weight is 447 g/mol. The molecule has 0 N–H and O–H groups in total. The van der Waals surface area contributed by atoms with Crippen molar-refractivity contribution in [1.29, 1.82) is 0 Å². The molecule has 7 nitrogen and oxygen atoms in total. The zero-order valence-corrected chi connectivity index (χ0v) is 17.9. The summed E-state index contributed by atoms with van der Waals surface area (Å²) in [4.78, 5) is 16.1. The molecule has 0 saturated carbocycles. The van der Waals surface area contributed by atoms with Gasteiger partial charge in [-0.25, -0.2) is 8.42 Å². The smallest absolute Gasteiger partial charge is 0.254 e. The van der Waals surface area contributed by atoms with E-state index in [1.54, 1.807) is 40.7 Å². The Hall–Kier alpha value is -2.46. The number of ether oxygens (including phenoxy) is 1. The van der Waals surface area contributed by atoms with Crippen LogP contribution in [0.5, 0.6) is 0 Å². The molecule has 2 aromatic heterocycles. The monoisotopic (exact) mass is 446 g/mol. The third-order valence-electron chi connectivity index (χ3n) is 4.83. The Morgan fingerprint density at radius 3 is 2.60 bits per heavy atom. The van der Waals surface area contributed by atoms with Gasteiger partial charge in [0, 0.05) is 23.5 Å². The van der Waals surface area contributed by atoms with Crippen molar-refractivity contribution in [2.45, 2.75) is 18.0 Å². The van der Waals surface area contributed by atoms with Gasteiger partial charge in [0.05, 0.1) is 37.5 Å². The average Bonchev–Trinajstić information content (AvgIpc) is 3.48. The lowest BCUT2D eigenvalue weighted by Crippen LogP contribution is -2.40. The minimum Gasteiger partial charge on any atom is -0.467 e. The Kier molecular flexibility index (Phi) is 6.33. The predicted molar refractivity (Wildman–Crippen MR) is 113 cm³/mol. The third kappa shape index (κ3) is 4.65. The molecule has 0 aliphatic carbocycles. The molecule has 0 atom stereocenters. The highest BCUT2D eigenvalue weighted by Gasteiger charge is 2.27. The van der Waals surface area contributed by atoms with Gasteiger partial charge in [-0.1, -0.05) is 12.1 Å². The SMILES string of the molecule is O=C(c1cccc(S(=O)(=O)N2CCOCC2)c1)N(Cc1ccco1)Cc1cccs1. The molecular formula is C21H22N2O5S2. The summed E-state index contributed by atoms with van der Waals surface area (Å²) in [6.45, 7) is 2.07. The van der Waals surface area contributed by atoms with Crippen LogP contribution in [0.2, 0.25) is 0 Å². The first-order valence-corrected chi connectivity index (χ1v) is 11.9. The van der Waals surface area contributed by atoms with Crippen LogP contribution >= 0.6 is 11.3 Å². The minimum atomic E-state index is -3.68. The molecular weight excluding hydrogens is 424 g/mol. The lowest BCUT2D eigenvalue weighted by Gasteiger charge is -2.26. The Labute approximate surface area is 179 Å². The summed E-state index contributed by atoms with van der Waals surface area (Å²) >= 11 is 1.56. The van der Waals surface area contributed by atoms with Gasteiger partial charge in [-0.2, -0.15) is 4.31 Å². The molecule has 1 fully saturated rings. The number of furan rings is 1. The summed E-state index contributed by atoms with van der Waals surface area (Å²) in [6.07, 6.45) is 1.57. The van der Waals surface area contributed by atoms with E-state index in [0.29, 0.717) is 50.7 Å².